The molecule has 1 heterocycles. The van der Waals surface area contributed by atoms with E-state index in [1.165, 1.54) is 19.8 Å². The predicted octanol–water partition coefficient (Wildman–Crippen LogP) is 5.39. The molecular formula is C13H13BrClNS. The number of hydrogen-bond acceptors (Lipinski definition) is 2. The number of rotatable bonds is 3. The quantitative estimate of drug-likeness (QED) is 0.795. The lowest BCUT2D eigenvalue weighted by Crippen LogP contribution is -1.99. The van der Waals surface area contributed by atoms with Gasteiger partial charge in [0.15, 0.2) is 0 Å². The molecule has 2 aromatic rings. The van der Waals surface area contributed by atoms with Crippen molar-refractivity contribution in [1.82, 2.24) is 0 Å². The molecule has 0 radical (unpaired) electrons. The van der Waals surface area contributed by atoms with Crippen LogP contribution in [-0.4, -0.2) is 0 Å². The number of nitrogens with one attached hydrogen (secondary N) is 1. The van der Waals surface area contributed by atoms with E-state index in [0.29, 0.717) is 0 Å². The van der Waals surface area contributed by atoms with Crippen LogP contribution in [0.1, 0.15) is 15.3 Å². The molecule has 1 nitrogen and oxygen atoms in total. The molecule has 0 saturated heterocycles. The number of halogens is 2. The Labute approximate surface area is 119 Å². The van der Waals surface area contributed by atoms with Gasteiger partial charge in [0.25, 0.3) is 0 Å². The molecule has 2 rings (SSSR count). The normalized spacial score (nSPS) is 10.6. The van der Waals surface area contributed by atoms with E-state index in [-0.39, 0.29) is 0 Å². The van der Waals surface area contributed by atoms with Crippen LogP contribution in [0.15, 0.2) is 28.7 Å². The third-order valence-corrected chi connectivity index (χ3v) is 4.93. The number of hydrogen-bond donors (Lipinski definition) is 1. The van der Waals surface area contributed by atoms with Gasteiger partial charge in [0.05, 0.1) is 0 Å². The van der Waals surface area contributed by atoms with E-state index < -0.39 is 0 Å². The molecule has 1 N–H and O–H groups in total. The van der Waals surface area contributed by atoms with Gasteiger partial charge in [0.2, 0.25) is 0 Å². The van der Waals surface area contributed by atoms with Crippen LogP contribution in [-0.2, 0) is 6.54 Å². The van der Waals surface area contributed by atoms with Crippen LogP contribution in [0.2, 0.25) is 5.02 Å². The molecule has 17 heavy (non-hydrogen) atoms. The van der Waals surface area contributed by atoms with Gasteiger partial charge in [-0.05, 0) is 53.5 Å². The summed E-state index contributed by atoms with van der Waals surface area (Å²) in [5.41, 5.74) is 2.31. The van der Waals surface area contributed by atoms with Crippen LogP contribution in [0.4, 0.5) is 5.69 Å². The second kappa shape index (κ2) is 5.42. The number of benzene rings is 1. The Hall–Kier alpha value is -0.510. The highest BCUT2D eigenvalue weighted by Gasteiger charge is 2.04. The fourth-order valence-corrected chi connectivity index (χ4v) is 3.29. The molecule has 0 atom stereocenters. The van der Waals surface area contributed by atoms with Crippen LogP contribution in [0.25, 0.3) is 0 Å². The summed E-state index contributed by atoms with van der Waals surface area (Å²) in [4.78, 5) is 2.62. The maximum absolute atomic E-state index is 5.98. The van der Waals surface area contributed by atoms with Crippen molar-refractivity contribution < 1.29 is 0 Å². The molecule has 90 valence electrons. The molecule has 0 amide bonds. The van der Waals surface area contributed by atoms with Crippen LogP contribution in [0.3, 0.4) is 0 Å². The van der Waals surface area contributed by atoms with Crippen LogP contribution >= 0.6 is 38.9 Å². The molecule has 0 aliphatic heterocycles. The minimum Gasteiger partial charge on any atom is -0.380 e. The van der Waals surface area contributed by atoms with Gasteiger partial charge in [0, 0.05) is 31.5 Å². The van der Waals surface area contributed by atoms with Crippen molar-refractivity contribution in [3.8, 4) is 0 Å². The molecule has 4 heteroatoms. The monoisotopic (exact) mass is 329 g/mol. The lowest BCUT2D eigenvalue weighted by Gasteiger charge is -2.08. The first-order valence-electron chi connectivity index (χ1n) is 5.31. The van der Waals surface area contributed by atoms with Crippen molar-refractivity contribution in [1.29, 1.82) is 0 Å². The van der Waals surface area contributed by atoms with Crippen LogP contribution in [0, 0.1) is 13.8 Å². The van der Waals surface area contributed by atoms with E-state index in [9.17, 15) is 0 Å². The summed E-state index contributed by atoms with van der Waals surface area (Å²) >= 11 is 11.3. The summed E-state index contributed by atoms with van der Waals surface area (Å²) in [5.74, 6) is 0. The van der Waals surface area contributed by atoms with E-state index in [1.54, 1.807) is 11.3 Å². The Balaban J connectivity index is 2.09. The van der Waals surface area contributed by atoms with Gasteiger partial charge >= 0.3 is 0 Å². The lowest BCUT2D eigenvalue weighted by atomic mass is 10.2. The van der Waals surface area contributed by atoms with Gasteiger partial charge < -0.3 is 5.32 Å². The first-order chi connectivity index (χ1) is 8.06. The Morgan fingerprint density at radius 2 is 2.06 bits per heavy atom. The molecule has 0 fully saturated rings. The summed E-state index contributed by atoms with van der Waals surface area (Å²) in [7, 11) is 0. The van der Waals surface area contributed by atoms with Crippen molar-refractivity contribution in [3.63, 3.8) is 0 Å². The Bertz CT molecular complexity index is 517. The van der Waals surface area contributed by atoms with Gasteiger partial charge in [-0.3, -0.25) is 0 Å². The van der Waals surface area contributed by atoms with E-state index >= 15 is 0 Å². The zero-order valence-corrected chi connectivity index (χ0v) is 12.8. The second-order valence-corrected chi connectivity index (χ2v) is 6.56. The summed E-state index contributed by atoms with van der Waals surface area (Å²) in [6.45, 7) is 5.02. The van der Waals surface area contributed by atoms with Gasteiger partial charge in [-0.25, -0.2) is 0 Å². The fourth-order valence-electron chi connectivity index (χ4n) is 1.57. The SMILES string of the molecule is Cc1ccc(Cl)cc1NCc1cc(Br)c(C)s1. The Morgan fingerprint density at radius 1 is 1.29 bits per heavy atom. The average Bonchev–Trinajstić information content (AvgIpc) is 2.60. The summed E-state index contributed by atoms with van der Waals surface area (Å²) < 4.78 is 1.18. The summed E-state index contributed by atoms with van der Waals surface area (Å²) in [6, 6.07) is 8.06. The van der Waals surface area contributed by atoms with Crippen molar-refractivity contribution in [3.05, 3.63) is 49.1 Å². The minimum absolute atomic E-state index is 0.765. The predicted molar refractivity (Wildman–Crippen MR) is 80.3 cm³/mol. The maximum Gasteiger partial charge on any atom is 0.0494 e. The maximum atomic E-state index is 5.98. The first-order valence-corrected chi connectivity index (χ1v) is 7.30. The molecule has 1 aromatic carbocycles. The smallest absolute Gasteiger partial charge is 0.0494 e. The molecular weight excluding hydrogens is 318 g/mol. The molecule has 0 spiro atoms. The largest absolute Gasteiger partial charge is 0.380 e. The standard InChI is InChI=1S/C13H13BrClNS/c1-8-3-4-10(15)5-13(8)16-7-11-6-12(14)9(2)17-11/h3-6,16H,7H2,1-2H3. The molecule has 0 aliphatic carbocycles. The highest BCUT2D eigenvalue weighted by atomic mass is 79.9. The topological polar surface area (TPSA) is 12.0 Å². The van der Waals surface area contributed by atoms with Crippen molar-refractivity contribution in [2.45, 2.75) is 20.4 Å². The minimum atomic E-state index is 0.765. The highest BCUT2D eigenvalue weighted by Crippen LogP contribution is 2.27. The van der Waals surface area contributed by atoms with E-state index in [2.05, 4.69) is 41.2 Å². The third kappa shape index (κ3) is 3.24. The van der Waals surface area contributed by atoms with Gasteiger partial charge in [0.1, 0.15) is 0 Å². The van der Waals surface area contributed by atoms with E-state index in [4.69, 9.17) is 11.6 Å². The second-order valence-electron chi connectivity index (χ2n) is 3.93. The third-order valence-electron chi connectivity index (χ3n) is 2.56. The fraction of sp³-hybridized carbons (Fsp3) is 0.231. The molecule has 0 unspecified atom stereocenters. The molecule has 0 aliphatic rings. The van der Waals surface area contributed by atoms with Gasteiger partial charge in [-0.1, -0.05) is 17.7 Å². The highest BCUT2D eigenvalue weighted by molar-refractivity contribution is 9.10. The van der Waals surface area contributed by atoms with Gasteiger partial charge in [-0.2, -0.15) is 0 Å². The van der Waals surface area contributed by atoms with Crippen molar-refractivity contribution >= 4 is 44.6 Å². The van der Waals surface area contributed by atoms with Gasteiger partial charge in [-0.15, -0.1) is 11.3 Å². The zero-order chi connectivity index (χ0) is 12.4. The Morgan fingerprint density at radius 3 is 2.71 bits per heavy atom. The lowest BCUT2D eigenvalue weighted by molar-refractivity contribution is 1.18. The van der Waals surface area contributed by atoms with Crippen molar-refractivity contribution in [2.24, 2.45) is 0 Å². The van der Waals surface area contributed by atoms with Crippen molar-refractivity contribution in [2.75, 3.05) is 5.32 Å². The zero-order valence-electron chi connectivity index (χ0n) is 9.68. The Kier molecular flexibility index (Phi) is 4.13. The van der Waals surface area contributed by atoms with Crippen LogP contribution < -0.4 is 5.32 Å². The average molecular weight is 331 g/mol. The molecule has 0 bridgehead atoms. The number of anilines is 1. The molecule has 1 aromatic heterocycles. The summed E-state index contributed by atoms with van der Waals surface area (Å²) in [6.07, 6.45) is 0. The number of aryl methyl sites for hydroxylation is 2. The summed E-state index contributed by atoms with van der Waals surface area (Å²) in [5, 5.41) is 4.18. The first kappa shape index (κ1) is 12.9. The van der Waals surface area contributed by atoms with E-state index in [1.807, 2.05) is 18.2 Å². The number of thiophene rings is 1. The van der Waals surface area contributed by atoms with E-state index in [0.717, 1.165) is 17.3 Å². The van der Waals surface area contributed by atoms with Crippen LogP contribution in [0.5, 0.6) is 0 Å². The molecule has 0 saturated carbocycles.